The van der Waals surface area contributed by atoms with E-state index in [-0.39, 0.29) is 115 Å². The first-order valence-corrected chi connectivity index (χ1v) is 48.3. The number of hydrogen-bond acceptors (Lipinski definition) is 23. The van der Waals surface area contributed by atoms with Gasteiger partial charge in [0.2, 0.25) is 106 Å². The van der Waals surface area contributed by atoms with Crippen LogP contribution in [0.25, 0.3) is 21.8 Å². The Morgan fingerprint density at radius 3 is 1.59 bits per heavy atom. The number of imidazole rings is 1. The van der Waals surface area contributed by atoms with Crippen LogP contribution in [0.15, 0.2) is 97.7 Å². The molecule has 18 amide bonds. The summed E-state index contributed by atoms with van der Waals surface area (Å²) in [7, 11) is 3.91. The number of rotatable bonds is 26. The standard InChI is InChI=1S/C94H133N25O20S/c1-10-12-26-72-86(132)107-63(25-18-34-100-94(97)98)82(128)114-71(81(127)103-46-77(96)123)48-140-49-78(124)106-67(38-54-30-32-58(121)33-31-54)89(135)115(7)53(6)80(126)111-69(42-76(95)122)92(138)119-36-20-29-74(119)88(134)109-65(41-57-45-99-50-104-57)83(129)105-52(5)79(125)110-66(37-51(3)4)91(137)118-35-19-28-73(118)87(133)108-64(39-55-43-101-61-23-16-14-21-59(55)61)84(130)113-70(47-120)85(131)112-68(40-56-44-102-62-24-17-15-22-60(56)62)90(136)117(9)75(27-13-11-2)93(139)116(72)8/h14-17,21-24,30-33,43-45,50-53,63-75,101-102,120-121H,10-13,18-20,25-29,34-42,46-49H2,1-9H3,(H2,95,122)(H2,96,123)(H,99,104)(H,103,127)(H,105,129)(H,106,124)(H,107,132)(H,108,133)(H,109,134)(H,110,125)(H,111,126)(H,112,131)(H,113,130)(H,114,128)(H4,97,98,100)/t52-,53-,63-,64-,65-,66-,67-,68-,69-,70-,71?,72-,73-,74-,75-/m0/s1. The van der Waals surface area contributed by atoms with E-state index in [9.17, 15) is 63.0 Å². The highest BCUT2D eigenvalue weighted by Gasteiger charge is 2.46. The number of aromatic hydroxyl groups is 1. The number of carbonyl (C=O) groups is 18. The van der Waals surface area contributed by atoms with Gasteiger partial charge >= 0.3 is 0 Å². The predicted octanol–water partition coefficient (Wildman–Crippen LogP) is -2.39. The Morgan fingerprint density at radius 2 is 1.02 bits per heavy atom. The number of unbranched alkanes of at least 4 members (excludes halogenated alkanes) is 2. The molecule has 3 aliphatic heterocycles. The van der Waals surface area contributed by atoms with Crippen LogP contribution in [-0.4, -0.2) is 323 Å². The number of phenols is 1. The van der Waals surface area contributed by atoms with Gasteiger partial charge < -0.3 is 131 Å². The van der Waals surface area contributed by atoms with E-state index in [4.69, 9.17) is 22.6 Å². The maximum Gasteiger partial charge on any atom is 0.246 e. The summed E-state index contributed by atoms with van der Waals surface area (Å²) in [5, 5.41) is 62.4. The number of nitrogens with one attached hydrogen (secondary N) is 16. The van der Waals surface area contributed by atoms with Crippen LogP contribution in [-0.2, 0) is 112 Å². The molecule has 3 fully saturated rings. The van der Waals surface area contributed by atoms with Crippen LogP contribution in [0, 0.1) is 11.3 Å². The van der Waals surface area contributed by atoms with E-state index in [2.05, 4.69) is 83.7 Å². The number of benzene rings is 3. The number of thioether (sulfide) groups is 1. The second kappa shape index (κ2) is 52.5. The molecule has 0 spiro atoms. The summed E-state index contributed by atoms with van der Waals surface area (Å²) in [4.78, 5) is 283. The van der Waals surface area contributed by atoms with E-state index in [1.54, 1.807) is 74.8 Å². The van der Waals surface area contributed by atoms with Crippen molar-refractivity contribution >= 4 is 146 Å². The highest BCUT2D eigenvalue weighted by molar-refractivity contribution is 8.00. The molecule has 9 rings (SSSR count). The van der Waals surface area contributed by atoms with Gasteiger partial charge in [-0.3, -0.25) is 91.7 Å². The van der Waals surface area contributed by atoms with Gasteiger partial charge in [-0.2, -0.15) is 0 Å². The molecule has 0 saturated carbocycles. The summed E-state index contributed by atoms with van der Waals surface area (Å²) in [6.07, 6.45) is 6.05. The first kappa shape index (κ1) is 109. The van der Waals surface area contributed by atoms with Crippen molar-refractivity contribution in [2.24, 2.45) is 23.1 Å². The van der Waals surface area contributed by atoms with Crippen molar-refractivity contribution in [3.8, 4) is 5.75 Å². The number of hydrogen-bond donors (Lipinski definition) is 21. The van der Waals surface area contributed by atoms with Crippen molar-refractivity contribution in [1.82, 2.24) is 108 Å². The van der Waals surface area contributed by atoms with Crippen molar-refractivity contribution in [3.63, 3.8) is 0 Å². The molecule has 3 aliphatic rings. The van der Waals surface area contributed by atoms with Crippen LogP contribution < -0.4 is 81.0 Å². The highest BCUT2D eigenvalue weighted by Crippen LogP contribution is 2.28. The third-order valence-corrected chi connectivity index (χ3v) is 26.1. The minimum atomic E-state index is -1.86. The number of aromatic amines is 3. The lowest BCUT2D eigenvalue weighted by Gasteiger charge is -2.36. The number of fused-ring (bicyclic) bond motifs is 4. The average molecular weight is 1970 g/mol. The molecule has 15 atom stereocenters. The van der Waals surface area contributed by atoms with Crippen LogP contribution in [0.3, 0.4) is 0 Å². The van der Waals surface area contributed by atoms with Crippen LogP contribution in [0.4, 0.5) is 0 Å². The molecule has 6 heterocycles. The van der Waals surface area contributed by atoms with Gasteiger partial charge in [-0.05, 0) is 119 Å². The summed E-state index contributed by atoms with van der Waals surface area (Å²) < 4.78 is 0. The largest absolute Gasteiger partial charge is 0.508 e. The Balaban J connectivity index is 1.08. The van der Waals surface area contributed by atoms with Crippen LogP contribution >= 0.6 is 11.8 Å². The lowest BCUT2D eigenvalue weighted by Crippen LogP contribution is -2.61. The maximum atomic E-state index is 15.8. The highest BCUT2D eigenvalue weighted by atomic mass is 32.2. The lowest BCUT2D eigenvalue weighted by atomic mass is 10.00. The Bertz CT molecular complexity index is 5400. The maximum absolute atomic E-state index is 15.8. The van der Waals surface area contributed by atoms with Gasteiger partial charge in [0.15, 0.2) is 5.96 Å². The summed E-state index contributed by atoms with van der Waals surface area (Å²) >= 11 is 0.757. The number of guanidine groups is 1. The number of phenolic OH excluding ortho intramolecular Hbond substituents is 1. The van der Waals surface area contributed by atoms with Crippen molar-refractivity contribution in [2.45, 2.75) is 248 Å². The molecule has 6 aromatic rings. The lowest BCUT2D eigenvalue weighted by molar-refractivity contribution is -0.149. The smallest absolute Gasteiger partial charge is 0.246 e. The Labute approximate surface area is 814 Å². The third kappa shape index (κ3) is 30.6. The number of carbonyl (C=O) groups excluding carboxylic acids is 18. The van der Waals surface area contributed by atoms with Crippen LogP contribution in [0.1, 0.15) is 154 Å². The van der Waals surface area contributed by atoms with Gasteiger partial charge in [-0.15, -0.1) is 11.8 Å². The zero-order valence-electron chi connectivity index (χ0n) is 80.2. The summed E-state index contributed by atoms with van der Waals surface area (Å²) in [5.41, 5.74) is 19.9. The van der Waals surface area contributed by atoms with Crippen LogP contribution in [0.5, 0.6) is 5.75 Å². The summed E-state index contributed by atoms with van der Waals surface area (Å²) in [5.74, 6) is -18.4. The van der Waals surface area contributed by atoms with Crippen molar-refractivity contribution in [3.05, 3.63) is 120 Å². The van der Waals surface area contributed by atoms with E-state index >= 15 is 33.6 Å². The number of nitrogens with two attached hydrogens (primary N) is 3. The molecule has 0 aliphatic carbocycles. The predicted molar refractivity (Wildman–Crippen MR) is 516 cm³/mol. The molecular weight excluding hydrogens is 1830 g/mol. The SMILES string of the molecule is CCCC[C@H]1C(=O)N(C)[C@@H](CCCC)C(=O)N[C@@H](CCCNC(=N)N)C(=O)NC(C(=O)NCC(N)=O)CSCC(=O)N[C@@H](Cc2ccc(O)cc2)C(=O)N(C)[C@@H](C)C(=O)N[C@@H](CC(N)=O)C(=O)N2CCC[C@H]2C(=O)N[C@@H](Cc2cnc[nH]2)C(=O)N[C@@H](C)C(=O)N[C@@H](CC(C)C)C(=O)N2CCC[C@H]2C(=O)N[C@@H](Cc2c[nH]c3ccccc23)C(=O)N[C@@H](CO)C(=O)N[C@@H](Cc2c[nH]c3ccccc23)C(=O)N1C. The molecule has 1 unspecified atom stereocenters. The quantitative estimate of drug-likeness (QED) is 0.0153. The van der Waals surface area contributed by atoms with Gasteiger partial charge in [0.1, 0.15) is 96.4 Å². The fourth-order valence-corrected chi connectivity index (χ4v) is 18.0. The van der Waals surface area contributed by atoms with Crippen molar-refractivity contribution in [2.75, 3.05) is 65.4 Å². The number of aromatic nitrogens is 4. The number of primary amides is 2. The molecule has 0 radical (unpaired) electrons. The molecule has 3 saturated heterocycles. The fourth-order valence-electron chi connectivity index (χ4n) is 17.2. The van der Waals surface area contributed by atoms with E-state index in [1.165, 1.54) is 76.7 Å². The third-order valence-electron chi connectivity index (χ3n) is 25.0. The molecule has 24 N–H and O–H groups in total. The first-order valence-electron chi connectivity index (χ1n) is 47.1. The molecule has 140 heavy (non-hydrogen) atoms. The Morgan fingerprint density at radius 1 is 0.514 bits per heavy atom. The number of H-pyrrole nitrogens is 3. The molecule has 760 valence electrons. The normalized spacial score (nSPS) is 24.5. The minimum Gasteiger partial charge on any atom is -0.508 e. The second-order valence-corrected chi connectivity index (χ2v) is 37.0. The molecule has 45 nitrogen and oxygen atoms in total. The van der Waals surface area contributed by atoms with Crippen LogP contribution in [0.2, 0.25) is 0 Å². The van der Waals surface area contributed by atoms with Gasteiger partial charge in [-0.1, -0.05) is 102 Å². The van der Waals surface area contributed by atoms with E-state index in [0.29, 0.717) is 69.9 Å². The fraction of sp³-hybridized carbons (Fsp3) is 0.532. The number of likely N-dealkylation sites (N-methyl/N-ethyl adjacent to an activating group) is 3. The van der Waals surface area contributed by atoms with E-state index in [0.717, 1.165) is 31.4 Å². The number of nitrogens with zero attached hydrogens (tertiary/aromatic N) is 6. The van der Waals surface area contributed by atoms with Gasteiger partial charge in [0.05, 0.1) is 31.7 Å². The van der Waals surface area contributed by atoms with E-state index < -0.39 is 234 Å². The van der Waals surface area contributed by atoms with Gasteiger partial charge in [-0.25, -0.2) is 4.98 Å². The zero-order valence-corrected chi connectivity index (χ0v) is 81.0. The molecule has 3 aromatic heterocycles. The summed E-state index contributed by atoms with van der Waals surface area (Å²) in [6, 6.07) is -2.93. The van der Waals surface area contributed by atoms with Crippen molar-refractivity contribution in [1.29, 1.82) is 5.41 Å². The number of aliphatic hydroxyl groups excluding tert-OH is 1. The monoisotopic (exact) mass is 1960 g/mol. The minimum absolute atomic E-state index is 0.00000375. The number of amides is 18. The van der Waals surface area contributed by atoms with Gasteiger partial charge in [0, 0.05) is 118 Å². The molecule has 46 heteroatoms. The first-order chi connectivity index (χ1) is 66.7. The number of aliphatic hydroxyl groups is 1. The van der Waals surface area contributed by atoms with Gasteiger partial charge in [0.25, 0.3) is 0 Å². The Kier molecular flexibility index (Phi) is 41.1. The average Bonchev–Trinajstić information content (AvgIpc) is 1.23. The summed E-state index contributed by atoms with van der Waals surface area (Å²) in [6.45, 7) is 7.93. The molecular formula is C94H133N25O20S. The Hall–Kier alpha value is -14.2. The zero-order chi connectivity index (χ0) is 102. The molecule has 0 bridgehead atoms. The topological polar surface area (TPSA) is 670 Å². The number of para-hydroxylation sites is 2. The molecule has 3 aromatic carbocycles. The van der Waals surface area contributed by atoms with Crippen molar-refractivity contribution < 1.29 is 96.5 Å². The second-order valence-electron chi connectivity index (χ2n) is 36.0. The van der Waals surface area contributed by atoms with E-state index in [1.807, 2.05) is 13.8 Å².